The second kappa shape index (κ2) is 10.7. The predicted octanol–water partition coefficient (Wildman–Crippen LogP) is 6.16. The topological polar surface area (TPSA) is 69.0 Å². The summed E-state index contributed by atoms with van der Waals surface area (Å²) in [4.78, 5) is 12.4. The van der Waals surface area contributed by atoms with Crippen LogP contribution in [0, 0.1) is 6.92 Å². The van der Waals surface area contributed by atoms with Crippen molar-refractivity contribution in [1.29, 1.82) is 0 Å². The van der Waals surface area contributed by atoms with Crippen molar-refractivity contribution in [2.24, 2.45) is 0 Å². The molecule has 0 aliphatic heterocycles. The second-order valence-corrected chi connectivity index (χ2v) is 9.44. The average Bonchev–Trinajstić information content (AvgIpc) is 3.17. The first kappa shape index (κ1) is 23.9. The number of hydrogen-bond donors (Lipinski definition) is 1. The van der Waals surface area contributed by atoms with Crippen LogP contribution in [0.3, 0.4) is 0 Å². The quantitative estimate of drug-likeness (QED) is 0.394. The van der Waals surface area contributed by atoms with E-state index in [0.717, 1.165) is 22.8 Å². The molecule has 0 aliphatic rings. The summed E-state index contributed by atoms with van der Waals surface area (Å²) in [5.41, 5.74) is 3.18. The first-order valence-electron chi connectivity index (χ1n) is 10.9. The Kier molecular flexibility index (Phi) is 7.96. The van der Waals surface area contributed by atoms with Crippen molar-refractivity contribution in [3.63, 3.8) is 0 Å². The van der Waals surface area contributed by atoms with Crippen molar-refractivity contribution in [2.45, 2.75) is 64.8 Å². The Morgan fingerprint density at radius 3 is 2.41 bits per heavy atom. The van der Waals surface area contributed by atoms with Gasteiger partial charge in [-0.05, 0) is 69.0 Å². The molecule has 0 bridgehead atoms. The van der Waals surface area contributed by atoms with Gasteiger partial charge in [-0.15, -0.1) is 10.2 Å². The second-order valence-electron chi connectivity index (χ2n) is 8.49. The number of thioether (sulfide) groups is 1. The van der Waals surface area contributed by atoms with Crippen molar-refractivity contribution in [1.82, 2.24) is 14.8 Å². The van der Waals surface area contributed by atoms with E-state index in [-0.39, 0.29) is 23.8 Å². The summed E-state index contributed by atoms with van der Waals surface area (Å²) in [6.07, 6.45) is -0.273. The fraction of sp³-hybridized carbons (Fsp3) is 0.400. The number of aromatic nitrogens is 3. The van der Waals surface area contributed by atoms with Gasteiger partial charge in [0.1, 0.15) is 5.75 Å². The number of aryl methyl sites for hydroxylation is 1. The first-order chi connectivity index (χ1) is 15.2. The largest absolute Gasteiger partial charge is 0.483 e. The average molecular weight is 453 g/mol. The van der Waals surface area contributed by atoms with Gasteiger partial charge >= 0.3 is 0 Å². The lowest BCUT2D eigenvalue weighted by atomic mass is 10.0. The van der Waals surface area contributed by atoms with E-state index in [4.69, 9.17) is 4.74 Å². The van der Waals surface area contributed by atoms with Crippen molar-refractivity contribution in [2.75, 3.05) is 11.1 Å². The van der Waals surface area contributed by atoms with E-state index in [2.05, 4.69) is 55.3 Å². The van der Waals surface area contributed by atoms with E-state index in [9.17, 15) is 4.79 Å². The number of amides is 1. The zero-order chi connectivity index (χ0) is 23.3. The third kappa shape index (κ3) is 6.13. The number of ether oxygens (including phenoxy) is 1. The van der Waals surface area contributed by atoms with Crippen molar-refractivity contribution < 1.29 is 9.53 Å². The minimum Gasteiger partial charge on any atom is -0.483 e. The Balaban J connectivity index is 1.67. The highest BCUT2D eigenvalue weighted by molar-refractivity contribution is 7.99. The molecule has 1 atom stereocenters. The summed E-state index contributed by atoms with van der Waals surface area (Å²) in [6, 6.07) is 16.1. The molecule has 1 N–H and O–H groups in total. The van der Waals surface area contributed by atoms with Crippen LogP contribution < -0.4 is 10.1 Å². The van der Waals surface area contributed by atoms with Gasteiger partial charge in [-0.3, -0.25) is 4.79 Å². The zero-order valence-corrected chi connectivity index (χ0v) is 20.4. The summed E-state index contributed by atoms with van der Waals surface area (Å²) in [5.74, 6) is 2.20. The molecular weight excluding hydrogens is 420 g/mol. The first-order valence-corrected chi connectivity index (χ1v) is 11.9. The van der Waals surface area contributed by atoms with Gasteiger partial charge in [0, 0.05) is 11.7 Å². The summed E-state index contributed by atoms with van der Waals surface area (Å²) in [7, 11) is 0. The molecule has 0 aliphatic carbocycles. The van der Waals surface area contributed by atoms with E-state index in [1.54, 1.807) is 0 Å². The van der Waals surface area contributed by atoms with Gasteiger partial charge < -0.3 is 14.6 Å². The lowest BCUT2D eigenvalue weighted by Crippen LogP contribution is -2.16. The van der Waals surface area contributed by atoms with Gasteiger partial charge in [-0.2, -0.15) is 0 Å². The third-order valence-electron chi connectivity index (χ3n) is 5.06. The Morgan fingerprint density at radius 2 is 1.78 bits per heavy atom. The Bertz CT molecular complexity index is 1040. The fourth-order valence-corrected chi connectivity index (χ4v) is 4.26. The van der Waals surface area contributed by atoms with Crippen LogP contribution >= 0.6 is 11.8 Å². The number of carbonyl (C=O) groups excluding carboxylic acids is 1. The van der Waals surface area contributed by atoms with E-state index < -0.39 is 0 Å². The molecular formula is C25H32N4O2S. The molecule has 2 aromatic carbocycles. The normalized spacial score (nSPS) is 12.2. The maximum absolute atomic E-state index is 12.4. The third-order valence-corrected chi connectivity index (χ3v) is 6.01. The molecule has 0 spiro atoms. The number of benzene rings is 2. The lowest BCUT2D eigenvalue weighted by Gasteiger charge is -2.19. The number of nitrogens with one attached hydrogen (secondary N) is 1. The maximum atomic E-state index is 12.4. The molecule has 1 amide bonds. The molecule has 3 rings (SSSR count). The zero-order valence-electron chi connectivity index (χ0n) is 19.6. The molecule has 0 radical (unpaired) electrons. The van der Waals surface area contributed by atoms with Gasteiger partial charge in [0.2, 0.25) is 5.91 Å². The van der Waals surface area contributed by atoms with Gasteiger partial charge in [0.15, 0.2) is 17.1 Å². The molecule has 1 heterocycles. The maximum Gasteiger partial charge on any atom is 0.234 e. The Morgan fingerprint density at radius 1 is 1.06 bits per heavy atom. The van der Waals surface area contributed by atoms with E-state index in [1.165, 1.54) is 17.3 Å². The standard InChI is InChI=1S/C25H32N4O2S/c1-16(2)20-10-12-22(13-11-20)31-19(6)24-27-28-25(29(24)17(3)4)32-15-23(30)26-21-9-7-8-18(5)14-21/h7-14,16-17,19H,15H2,1-6H3,(H,26,30). The predicted molar refractivity (Wildman–Crippen MR) is 131 cm³/mol. The van der Waals surface area contributed by atoms with E-state index in [0.29, 0.717) is 11.1 Å². The number of hydrogen-bond acceptors (Lipinski definition) is 5. The van der Waals surface area contributed by atoms with E-state index >= 15 is 0 Å². The number of rotatable bonds is 9. The van der Waals surface area contributed by atoms with Crippen LogP contribution in [0.25, 0.3) is 0 Å². The van der Waals surface area contributed by atoms with Gasteiger partial charge in [0.05, 0.1) is 5.75 Å². The van der Waals surface area contributed by atoms with Crippen LogP contribution in [0.1, 0.15) is 69.6 Å². The highest BCUT2D eigenvalue weighted by Crippen LogP contribution is 2.28. The van der Waals surface area contributed by atoms with Crippen molar-refractivity contribution in [3.8, 4) is 5.75 Å². The summed E-state index contributed by atoms with van der Waals surface area (Å²) in [5, 5.41) is 12.4. The molecule has 1 aromatic heterocycles. The van der Waals surface area contributed by atoms with Crippen LogP contribution in [-0.2, 0) is 4.79 Å². The van der Waals surface area contributed by atoms with Gasteiger partial charge in [-0.25, -0.2) is 0 Å². The highest BCUT2D eigenvalue weighted by Gasteiger charge is 2.22. The summed E-state index contributed by atoms with van der Waals surface area (Å²) >= 11 is 1.38. The van der Waals surface area contributed by atoms with Crippen molar-refractivity contribution >= 4 is 23.4 Å². The fourth-order valence-electron chi connectivity index (χ4n) is 3.39. The van der Waals surface area contributed by atoms with Gasteiger partial charge in [-0.1, -0.05) is 49.9 Å². The minimum absolute atomic E-state index is 0.0741. The molecule has 0 saturated heterocycles. The smallest absolute Gasteiger partial charge is 0.234 e. The highest BCUT2D eigenvalue weighted by atomic mass is 32.2. The summed E-state index contributed by atoms with van der Waals surface area (Å²) < 4.78 is 8.18. The van der Waals surface area contributed by atoms with Crippen molar-refractivity contribution in [3.05, 3.63) is 65.5 Å². The van der Waals surface area contributed by atoms with Crippen LogP contribution in [0.2, 0.25) is 0 Å². The Labute approximate surface area is 194 Å². The molecule has 7 heteroatoms. The molecule has 32 heavy (non-hydrogen) atoms. The molecule has 170 valence electrons. The minimum atomic E-state index is -0.273. The Hall–Kier alpha value is -2.80. The molecule has 0 saturated carbocycles. The van der Waals surface area contributed by atoms with Crippen LogP contribution in [-0.4, -0.2) is 26.4 Å². The monoisotopic (exact) mass is 452 g/mol. The number of carbonyl (C=O) groups is 1. The van der Waals surface area contributed by atoms with Crippen LogP contribution in [0.15, 0.2) is 53.7 Å². The molecule has 3 aromatic rings. The molecule has 0 fully saturated rings. The lowest BCUT2D eigenvalue weighted by molar-refractivity contribution is -0.113. The number of anilines is 1. The van der Waals surface area contributed by atoms with E-state index in [1.807, 2.05) is 54.8 Å². The number of nitrogens with zero attached hydrogens (tertiary/aromatic N) is 3. The van der Waals surface area contributed by atoms with Crippen LogP contribution in [0.5, 0.6) is 5.75 Å². The molecule has 1 unspecified atom stereocenters. The summed E-state index contributed by atoms with van der Waals surface area (Å²) in [6.45, 7) is 12.5. The van der Waals surface area contributed by atoms with Gasteiger partial charge in [0.25, 0.3) is 0 Å². The SMILES string of the molecule is Cc1cccc(NC(=O)CSc2nnc(C(C)Oc3ccc(C(C)C)cc3)n2C(C)C)c1. The van der Waals surface area contributed by atoms with Crippen LogP contribution in [0.4, 0.5) is 5.69 Å². The molecule has 6 nitrogen and oxygen atoms in total.